The van der Waals surface area contributed by atoms with Crippen molar-refractivity contribution in [2.75, 3.05) is 4.90 Å². The van der Waals surface area contributed by atoms with Crippen LogP contribution >= 0.6 is 0 Å². The van der Waals surface area contributed by atoms with Gasteiger partial charge in [-0.05, 0) is 116 Å². The third-order valence-corrected chi connectivity index (χ3v) is 10.3. The molecular formula is C54H39N. The van der Waals surface area contributed by atoms with Crippen LogP contribution in [0.4, 0.5) is 17.1 Å². The summed E-state index contributed by atoms with van der Waals surface area (Å²) in [6.45, 7) is 0. The van der Waals surface area contributed by atoms with Gasteiger partial charge in [-0.1, -0.05) is 182 Å². The average Bonchev–Trinajstić information content (AvgIpc) is 3.28. The van der Waals surface area contributed by atoms with Crippen molar-refractivity contribution in [3.63, 3.8) is 0 Å². The fourth-order valence-electron chi connectivity index (χ4n) is 7.44. The number of anilines is 3. The van der Waals surface area contributed by atoms with Gasteiger partial charge >= 0.3 is 0 Å². The maximum atomic E-state index is 2.39. The fourth-order valence-corrected chi connectivity index (χ4v) is 7.44. The molecule has 0 aliphatic rings. The average molecular weight is 702 g/mol. The minimum absolute atomic E-state index is 1.09. The standard InChI is InChI=1S/C54H39N/c1-6-16-40(17-7-1)44-26-31-51(32-27-44)55(52-33-28-45(29-34-52)41-18-8-2-9-19-41)54-35-30-47(39-53(54)46-24-14-5-15-25-46)50-37-48(42-20-10-3-11-21-42)36-49(38-50)43-22-12-4-13-23-43/h1-39H. The molecule has 0 unspecified atom stereocenters. The molecule has 0 amide bonds. The van der Waals surface area contributed by atoms with E-state index in [-0.39, 0.29) is 0 Å². The topological polar surface area (TPSA) is 3.24 Å². The monoisotopic (exact) mass is 701 g/mol. The summed E-state index contributed by atoms with van der Waals surface area (Å²) in [5, 5.41) is 0. The van der Waals surface area contributed by atoms with Crippen LogP contribution in [0.15, 0.2) is 237 Å². The minimum Gasteiger partial charge on any atom is -0.310 e. The van der Waals surface area contributed by atoms with Crippen LogP contribution in [0.5, 0.6) is 0 Å². The van der Waals surface area contributed by atoms with Crippen LogP contribution in [0, 0.1) is 0 Å². The molecule has 0 atom stereocenters. The van der Waals surface area contributed by atoms with Gasteiger partial charge in [-0.25, -0.2) is 0 Å². The lowest BCUT2D eigenvalue weighted by Gasteiger charge is -2.29. The highest BCUT2D eigenvalue weighted by Gasteiger charge is 2.19. The molecule has 0 fully saturated rings. The molecule has 9 rings (SSSR count). The Morgan fingerprint density at radius 3 is 0.873 bits per heavy atom. The van der Waals surface area contributed by atoms with Crippen molar-refractivity contribution >= 4 is 17.1 Å². The Morgan fingerprint density at radius 1 is 0.200 bits per heavy atom. The van der Waals surface area contributed by atoms with Crippen LogP contribution in [0.25, 0.3) is 66.8 Å². The zero-order valence-electron chi connectivity index (χ0n) is 30.5. The van der Waals surface area contributed by atoms with E-state index >= 15 is 0 Å². The van der Waals surface area contributed by atoms with Crippen LogP contribution in [0.3, 0.4) is 0 Å². The highest BCUT2D eigenvalue weighted by molar-refractivity contribution is 5.92. The fraction of sp³-hybridized carbons (Fsp3) is 0. The smallest absolute Gasteiger partial charge is 0.0540 e. The SMILES string of the molecule is c1ccc(-c2ccc(N(c3ccc(-c4ccccc4)cc3)c3ccc(-c4cc(-c5ccccc5)cc(-c5ccccc5)c4)cc3-c3ccccc3)cc2)cc1. The van der Waals surface area contributed by atoms with E-state index in [2.05, 4.69) is 241 Å². The molecule has 0 radical (unpaired) electrons. The molecule has 0 saturated carbocycles. The first kappa shape index (κ1) is 33.6. The molecule has 260 valence electrons. The van der Waals surface area contributed by atoms with Crippen LogP contribution in [0.1, 0.15) is 0 Å². The van der Waals surface area contributed by atoms with Gasteiger partial charge in [0.1, 0.15) is 0 Å². The van der Waals surface area contributed by atoms with E-state index in [4.69, 9.17) is 0 Å². The molecule has 1 nitrogen and oxygen atoms in total. The largest absolute Gasteiger partial charge is 0.310 e. The van der Waals surface area contributed by atoms with E-state index in [0.717, 1.165) is 33.8 Å². The van der Waals surface area contributed by atoms with Gasteiger partial charge in [0.25, 0.3) is 0 Å². The molecule has 9 aromatic carbocycles. The molecule has 0 aliphatic carbocycles. The van der Waals surface area contributed by atoms with Crippen LogP contribution in [-0.2, 0) is 0 Å². The van der Waals surface area contributed by atoms with E-state index in [0.29, 0.717) is 0 Å². The Hall–Kier alpha value is -7.22. The highest BCUT2D eigenvalue weighted by Crippen LogP contribution is 2.44. The van der Waals surface area contributed by atoms with Gasteiger partial charge in [0.2, 0.25) is 0 Å². The molecule has 0 bridgehead atoms. The van der Waals surface area contributed by atoms with Crippen LogP contribution in [-0.4, -0.2) is 0 Å². The molecule has 55 heavy (non-hydrogen) atoms. The van der Waals surface area contributed by atoms with Gasteiger partial charge < -0.3 is 4.90 Å². The Kier molecular flexibility index (Phi) is 9.41. The first-order valence-corrected chi connectivity index (χ1v) is 18.8. The van der Waals surface area contributed by atoms with Crippen LogP contribution in [0.2, 0.25) is 0 Å². The first-order chi connectivity index (χ1) is 27.3. The van der Waals surface area contributed by atoms with Gasteiger partial charge in [0.05, 0.1) is 5.69 Å². The zero-order valence-corrected chi connectivity index (χ0v) is 30.5. The normalized spacial score (nSPS) is 10.9. The van der Waals surface area contributed by atoms with E-state index in [9.17, 15) is 0 Å². The van der Waals surface area contributed by atoms with Crippen molar-refractivity contribution in [3.05, 3.63) is 237 Å². The Balaban J connectivity index is 1.22. The maximum Gasteiger partial charge on any atom is 0.0540 e. The number of rotatable bonds is 9. The summed E-state index contributed by atoms with van der Waals surface area (Å²) in [4.78, 5) is 2.39. The number of hydrogen-bond donors (Lipinski definition) is 0. The van der Waals surface area contributed by atoms with Gasteiger partial charge in [-0.2, -0.15) is 0 Å². The summed E-state index contributed by atoms with van der Waals surface area (Å²) >= 11 is 0. The number of hydrogen-bond acceptors (Lipinski definition) is 1. The Morgan fingerprint density at radius 2 is 0.491 bits per heavy atom. The lowest BCUT2D eigenvalue weighted by molar-refractivity contribution is 1.28. The summed E-state index contributed by atoms with van der Waals surface area (Å²) < 4.78 is 0. The van der Waals surface area contributed by atoms with Crippen molar-refractivity contribution in [1.29, 1.82) is 0 Å². The number of nitrogens with zero attached hydrogens (tertiary/aromatic N) is 1. The second kappa shape index (κ2) is 15.4. The quantitative estimate of drug-likeness (QED) is 0.145. The molecular weight excluding hydrogens is 663 g/mol. The summed E-state index contributed by atoms with van der Waals surface area (Å²) in [6.07, 6.45) is 0. The third kappa shape index (κ3) is 7.25. The van der Waals surface area contributed by atoms with Crippen molar-refractivity contribution in [1.82, 2.24) is 0 Å². The Bertz CT molecular complexity index is 2490. The van der Waals surface area contributed by atoms with Crippen molar-refractivity contribution in [2.24, 2.45) is 0 Å². The van der Waals surface area contributed by atoms with E-state index in [1.807, 2.05) is 0 Å². The number of benzene rings is 9. The predicted molar refractivity (Wildman–Crippen MR) is 234 cm³/mol. The van der Waals surface area contributed by atoms with Crippen molar-refractivity contribution < 1.29 is 0 Å². The van der Waals surface area contributed by atoms with Gasteiger partial charge in [-0.15, -0.1) is 0 Å². The summed E-state index contributed by atoms with van der Waals surface area (Å²) in [5.41, 5.74) is 17.5. The lowest BCUT2D eigenvalue weighted by atomic mass is 9.91. The first-order valence-electron chi connectivity index (χ1n) is 18.8. The second-order valence-electron chi connectivity index (χ2n) is 13.8. The molecule has 1 heteroatoms. The van der Waals surface area contributed by atoms with E-state index in [1.54, 1.807) is 0 Å². The van der Waals surface area contributed by atoms with Crippen molar-refractivity contribution in [2.45, 2.75) is 0 Å². The maximum absolute atomic E-state index is 2.39. The summed E-state index contributed by atoms with van der Waals surface area (Å²) in [5.74, 6) is 0. The molecule has 0 N–H and O–H groups in total. The Labute approximate surface area is 324 Å². The zero-order chi connectivity index (χ0) is 36.8. The molecule has 9 aromatic rings. The minimum atomic E-state index is 1.09. The third-order valence-electron chi connectivity index (χ3n) is 10.3. The van der Waals surface area contributed by atoms with Gasteiger partial charge in [-0.3, -0.25) is 0 Å². The highest BCUT2D eigenvalue weighted by atomic mass is 15.1. The van der Waals surface area contributed by atoms with Crippen molar-refractivity contribution in [3.8, 4) is 66.8 Å². The van der Waals surface area contributed by atoms with Gasteiger partial charge in [0, 0.05) is 16.9 Å². The summed E-state index contributed by atoms with van der Waals surface area (Å²) in [7, 11) is 0. The lowest BCUT2D eigenvalue weighted by Crippen LogP contribution is -2.11. The molecule has 0 spiro atoms. The molecule has 0 saturated heterocycles. The second-order valence-corrected chi connectivity index (χ2v) is 13.8. The summed E-state index contributed by atoms with van der Waals surface area (Å²) in [6, 6.07) is 85.1. The predicted octanol–water partition coefficient (Wildman–Crippen LogP) is 15.2. The van der Waals surface area contributed by atoms with Crippen LogP contribution < -0.4 is 4.90 Å². The molecule has 0 aliphatic heterocycles. The van der Waals surface area contributed by atoms with Gasteiger partial charge in [0.15, 0.2) is 0 Å². The van der Waals surface area contributed by atoms with E-state index in [1.165, 1.54) is 50.1 Å². The van der Waals surface area contributed by atoms with E-state index < -0.39 is 0 Å². The molecule has 0 heterocycles. The molecule has 0 aromatic heterocycles.